The first-order chi connectivity index (χ1) is 9.60. The zero-order valence-electron chi connectivity index (χ0n) is 11.5. The molecular weight excluding hydrogens is 320 g/mol. The van der Waals surface area contributed by atoms with Crippen molar-refractivity contribution in [1.82, 2.24) is 9.44 Å². The molecule has 0 aromatic heterocycles. The number of nitrogens with one attached hydrogen (secondary N) is 2. The van der Waals surface area contributed by atoms with Crippen LogP contribution in [-0.2, 0) is 24.8 Å². The van der Waals surface area contributed by atoms with Gasteiger partial charge in [0, 0.05) is 6.54 Å². The van der Waals surface area contributed by atoms with Crippen molar-refractivity contribution < 1.29 is 26.7 Å². The molecule has 1 aromatic rings. The third-order valence-electron chi connectivity index (χ3n) is 2.65. The van der Waals surface area contributed by atoms with Gasteiger partial charge in [-0.3, -0.25) is 4.79 Å². The van der Waals surface area contributed by atoms with Crippen molar-refractivity contribution >= 4 is 26.0 Å². The minimum atomic E-state index is -3.88. The Labute approximate surface area is 123 Å². The standard InChI is InChI=1S/C11H16N2O6S2/c1-8-7-9(3-4-10(8)21(18,19)12-2)20(16,17)13-6-5-11(14)15/h3-4,7,12-13H,5-6H2,1-2H3,(H,14,15). The van der Waals surface area contributed by atoms with E-state index in [9.17, 15) is 21.6 Å². The normalized spacial score (nSPS) is 12.3. The number of aliphatic carboxylic acids is 1. The van der Waals surface area contributed by atoms with E-state index in [0.717, 1.165) is 6.07 Å². The molecule has 0 unspecified atom stereocenters. The SMILES string of the molecule is CNS(=O)(=O)c1ccc(S(=O)(=O)NCCC(=O)O)cc1C. The summed E-state index contributed by atoms with van der Waals surface area (Å²) in [6, 6.07) is 3.56. The van der Waals surface area contributed by atoms with E-state index < -0.39 is 26.0 Å². The largest absolute Gasteiger partial charge is 0.481 e. The molecule has 8 nitrogen and oxygen atoms in total. The second kappa shape index (κ2) is 6.52. The molecule has 21 heavy (non-hydrogen) atoms. The predicted octanol–water partition coefficient (Wildman–Crippen LogP) is -0.344. The lowest BCUT2D eigenvalue weighted by molar-refractivity contribution is -0.136. The van der Waals surface area contributed by atoms with E-state index in [1.807, 2.05) is 0 Å². The van der Waals surface area contributed by atoms with Crippen molar-refractivity contribution in [3.8, 4) is 0 Å². The monoisotopic (exact) mass is 336 g/mol. The van der Waals surface area contributed by atoms with Gasteiger partial charge in [-0.2, -0.15) is 0 Å². The molecule has 0 radical (unpaired) electrons. The van der Waals surface area contributed by atoms with Crippen LogP contribution in [0, 0.1) is 6.92 Å². The first-order valence-electron chi connectivity index (χ1n) is 5.86. The zero-order chi connectivity index (χ0) is 16.3. The van der Waals surface area contributed by atoms with E-state index in [2.05, 4.69) is 9.44 Å². The molecule has 0 spiro atoms. The summed E-state index contributed by atoms with van der Waals surface area (Å²) in [7, 11) is -6.28. The smallest absolute Gasteiger partial charge is 0.304 e. The Kier molecular flexibility index (Phi) is 5.45. The molecule has 0 saturated carbocycles. The lowest BCUT2D eigenvalue weighted by Gasteiger charge is -2.10. The molecule has 0 amide bonds. The highest BCUT2D eigenvalue weighted by Crippen LogP contribution is 2.19. The quantitative estimate of drug-likeness (QED) is 0.624. The van der Waals surface area contributed by atoms with Gasteiger partial charge in [0.25, 0.3) is 0 Å². The summed E-state index contributed by atoms with van der Waals surface area (Å²) < 4.78 is 51.5. The van der Waals surface area contributed by atoms with E-state index in [-0.39, 0.29) is 28.3 Å². The molecule has 0 aliphatic carbocycles. The number of aryl methyl sites for hydroxylation is 1. The summed E-state index contributed by atoms with van der Waals surface area (Å²) in [6.07, 6.45) is -0.343. The van der Waals surface area contributed by atoms with Crippen molar-refractivity contribution in [2.75, 3.05) is 13.6 Å². The fourth-order valence-electron chi connectivity index (χ4n) is 1.58. The first kappa shape index (κ1) is 17.6. The van der Waals surface area contributed by atoms with Gasteiger partial charge < -0.3 is 5.11 Å². The van der Waals surface area contributed by atoms with Crippen LogP contribution in [0.1, 0.15) is 12.0 Å². The number of carboxylic acid groups (broad SMARTS) is 1. The molecule has 1 rings (SSSR count). The van der Waals surface area contributed by atoms with Gasteiger partial charge in [-0.25, -0.2) is 26.3 Å². The average molecular weight is 336 g/mol. The van der Waals surface area contributed by atoms with Gasteiger partial charge in [0.2, 0.25) is 20.0 Å². The number of benzene rings is 1. The Morgan fingerprint density at radius 3 is 2.29 bits per heavy atom. The fraction of sp³-hybridized carbons (Fsp3) is 0.364. The van der Waals surface area contributed by atoms with Gasteiger partial charge >= 0.3 is 5.97 Å². The van der Waals surface area contributed by atoms with Crippen LogP contribution in [0.15, 0.2) is 28.0 Å². The van der Waals surface area contributed by atoms with Crippen LogP contribution in [-0.4, -0.2) is 41.5 Å². The Morgan fingerprint density at radius 1 is 1.19 bits per heavy atom. The zero-order valence-corrected chi connectivity index (χ0v) is 13.1. The molecule has 0 aliphatic rings. The van der Waals surface area contributed by atoms with Crippen LogP contribution in [0.2, 0.25) is 0 Å². The van der Waals surface area contributed by atoms with Crippen molar-refractivity contribution in [2.24, 2.45) is 0 Å². The molecule has 0 saturated heterocycles. The Bertz CT molecular complexity index is 740. The van der Waals surface area contributed by atoms with Gasteiger partial charge in [-0.15, -0.1) is 0 Å². The molecule has 0 heterocycles. The number of hydrogen-bond acceptors (Lipinski definition) is 5. The Hall–Kier alpha value is -1.49. The molecule has 1 aromatic carbocycles. The second-order valence-corrected chi connectivity index (χ2v) is 7.80. The lowest BCUT2D eigenvalue weighted by Crippen LogP contribution is -2.26. The Morgan fingerprint density at radius 2 is 1.81 bits per heavy atom. The molecular formula is C11H16N2O6S2. The first-order valence-corrected chi connectivity index (χ1v) is 8.82. The predicted molar refractivity (Wildman–Crippen MR) is 74.9 cm³/mol. The van der Waals surface area contributed by atoms with Crippen LogP contribution in [0.4, 0.5) is 0 Å². The van der Waals surface area contributed by atoms with E-state index in [1.165, 1.54) is 26.1 Å². The highest BCUT2D eigenvalue weighted by Gasteiger charge is 2.19. The van der Waals surface area contributed by atoms with Gasteiger partial charge in [0.15, 0.2) is 0 Å². The molecule has 0 aliphatic heterocycles. The summed E-state index contributed by atoms with van der Waals surface area (Å²) >= 11 is 0. The maximum atomic E-state index is 11.9. The van der Waals surface area contributed by atoms with Gasteiger partial charge in [-0.05, 0) is 37.7 Å². The van der Waals surface area contributed by atoms with Gasteiger partial charge in [0.05, 0.1) is 16.2 Å². The summed E-state index contributed by atoms with van der Waals surface area (Å²) in [5.41, 5.74) is 0.269. The number of rotatable bonds is 7. The summed E-state index contributed by atoms with van der Waals surface area (Å²) in [5.74, 6) is -1.12. The number of carbonyl (C=O) groups is 1. The molecule has 0 bridgehead atoms. The maximum absolute atomic E-state index is 11.9. The Balaban J connectivity index is 3.06. The highest BCUT2D eigenvalue weighted by atomic mass is 32.2. The lowest BCUT2D eigenvalue weighted by atomic mass is 10.2. The van der Waals surface area contributed by atoms with Crippen molar-refractivity contribution in [3.63, 3.8) is 0 Å². The maximum Gasteiger partial charge on any atom is 0.304 e. The third kappa shape index (κ3) is 4.49. The minimum absolute atomic E-state index is 0.0190. The van der Waals surface area contributed by atoms with Crippen LogP contribution < -0.4 is 9.44 Å². The molecule has 10 heteroatoms. The van der Waals surface area contributed by atoms with E-state index in [0.29, 0.717) is 0 Å². The number of hydrogen-bond donors (Lipinski definition) is 3. The summed E-state index contributed by atoms with van der Waals surface area (Å²) in [6.45, 7) is 1.23. The van der Waals surface area contributed by atoms with E-state index in [4.69, 9.17) is 5.11 Å². The molecule has 118 valence electrons. The fourth-order valence-corrected chi connectivity index (χ4v) is 3.64. The van der Waals surface area contributed by atoms with Crippen molar-refractivity contribution in [1.29, 1.82) is 0 Å². The van der Waals surface area contributed by atoms with E-state index in [1.54, 1.807) is 0 Å². The second-order valence-electron chi connectivity index (χ2n) is 4.18. The summed E-state index contributed by atoms with van der Waals surface area (Å²) in [5, 5.41) is 8.47. The van der Waals surface area contributed by atoms with Crippen LogP contribution >= 0.6 is 0 Å². The number of carboxylic acids is 1. The van der Waals surface area contributed by atoms with Crippen molar-refractivity contribution in [3.05, 3.63) is 23.8 Å². The van der Waals surface area contributed by atoms with Gasteiger partial charge in [0.1, 0.15) is 0 Å². The van der Waals surface area contributed by atoms with Crippen molar-refractivity contribution in [2.45, 2.75) is 23.1 Å². The molecule has 0 atom stereocenters. The minimum Gasteiger partial charge on any atom is -0.481 e. The van der Waals surface area contributed by atoms with Crippen LogP contribution in [0.25, 0.3) is 0 Å². The topological polar surface area (TPSA) is 130 Å². The van der Waals surface area contributed by atoms with Gasteiger partial charge in [-0.1, -0.05) is 0 Å². The third-order valence-corrected chi connectivity index (χ3v) is 5.68. The van der Waals surface area contributed by atoms with Crippen LogP contribution in [0.5, 0.6) is 0 Å². The summed E-state index contributed by atoms with van der Waals surface area (Å²) in [4.78, 5) is 10.2. The molecule has 0 fully saturated rings. The molecule has 3 N–H and O–H groups in total. The van der Waals surface area contributed by atoms with E-state index >= 15 is 0 Å². The highest BCUT2D eigenvalue weighted by molar-refractivity contribution is 7.90. The number of sulfonamides is 2. The van der Waals surface area contributed by atoms with Crippen LogP contribution in [0.3, 0.4) is 0 Å². The average Bonchev–Trinajstić information content (AvgIpc) is 2.37.